The molecule has 0 atom stereocenters. The zero-order chi connectivity index (χ0) is 15.6. The molecule has 0 aliphatic heterocycles. The summed E-state index contributed by atoms with van der Waals surface area (Å²) in [6.45, 7) is 0. The fourth-order valence-corrected chi connectivity index (χ4v) is 2.04. The standard InChI is InChI=1S/C13H8Cl2FN3O2/c14-10-4-7(1-2-8(10)12(17)20)19-13(21)9-3-6(16)5-18-11(9)15/h1-5H,(H2,17,20)(H,19,21). The molecule has 0 radical (unpaired) electrons. The third-order valence-electron chi connectivity index (χ3n) is 2.54. The van der Waals surface area contributed by atoms with Crippen molar-refractivity contribution in [3.63, 3.8) is 0 Å². The summed E-state index contributed by atoms with van der Waals surface area (Å²) < 4.78 is 13.1. The fourth-order valence-electron chi connectivity index (χ4n) is 1.57. The van der Waals surface area contributed by atoms with Gasteiger partial charge in [0.2, 0.25) is 5.91 Å². The van der Waals surface area contributed by atoms with Gasteiger partial charge in [-0.1, -0.05) is 23.2 Å². The minimum Gasteiger partial charge on any atom is -0.366 e. The molecule has 0 fully saturated rings. The molecule has 0 bridgehead atoms. The van der Waals surface area contributed by atoms with Crippen molar-refractivity contribution in [3.05, 3.63) is 57.6 Å². The Morgan fingerprint density at radius 3 is 2.52 bits per heavy atom. The van der Waals surface area contributed by atoms with Gasteiger partial charge >= 0.3 is 0 Å². The molecule has 1 heterocycles. The predicted octanol–water partition coefficient (Wildman–Crippen LogP) is 2.88. The largest absolute Gasteiger partial charge is 0.366 e. The first-order valence-electron chi connectivity index (χ1n) is 5.60. The lowest BCUT2D eigenvalue weighted by atomic mass is 10.2. The number of anilines is 1. The smallest absolute Gasteiger partial charge is 0.258 e. The molecule has 0 saturated carbocycles. The number of hydrogen-bond donors (Lipinski definition) is 2. The van der Waals surface area contributed by atoms with Gasteiger partial charge in [0.25, 0.3) is 5.91 Å². The van der Waals surface area contributed by atoms with Gasteiger partial charge in [-0.25, -0.2) is 9.37 Å². The monoisotopic (exact) mass is 327 g/mol. The van der Waals surface area contributed by atoms with Crippen LogP contribution in [0, 0.1) is 5.82 Å². The lowest BCUT2D eigenvalue weighted by molar-refractivity contribution is 0.0998. The SMILES string of the molecule is NC(=O)c1ccc(NC(=O)c2cc(F)cnc2Cl)cc1Cl. The summed E-state index contributed by atoms with van der Waals surface area (Å²) in [5.41, 5.74) is 5.42. The zero-order valence-corrected chi connectivity index (χ0v) is 11.9. The number of nitrogens with zero attached hydrogens (tertiary/aromatic N) is 1. The van der Waals surface area contributed by atoms with Crippen LogP contribution in [0.4, 0.5) is 10.1 Å². The third kappa shape index (κ3) is 3.48. The summed E-state index contributed by atoms with van der Waals surface area (Å²) in [5, 5.41) is 2.42. The van der Waals surface area contributed by atoms with E-state index in [-0.39, 0.29) is 21.3 Å². The van der Waals surface area contributed by atoms with Crippen LogP contribution >= 0.6 is 23.2 Å². The molecule has 108 valence electrons. The second-order valence-electron chi connectivity index (χ2n) is 4.00. The van der Waals surface area contributed by atoms with E-state index in [1.54, 1.807) is 0 Å². The topological polar surface area (TPSA) is 85.1 Å². The maximum atomic E-state index is 13.1. The molecular weight excluding hydrogens is 320 g/mol. The van der Waals surface area contributed by atoms with E-state index in [0.29, 0.717) is 5.69 Å². The summed E-state index contributed by atoms with van der Waals surface area (Å²) in [5.74, 6) is -2.03. The highest BCUT2D eigenvalue weighted by Crippen LogP contribution is 2.22. The van der Waals surface area contributed by atoms with Gasteiger partial charge in [-0.3, -0.25) is 9.59 Å². The summed E-state index contributed by atoms with van der Waals surface area (Å²) in [6, 6.07) is 5.11. The maximum Gasteiger partial charge on any atom is 0.258 e. The summed E-state index contributed by atoms with van der Waals surface area (Å²) in [4.78, 5) is 26.6. The predicted molar refractivity (Wildman–Crippen MR) is 77.1 cm³/mol. The van der Waals surface area contributed by atoms with Crippen LogP contribution in [0.2, 0.25) is 10.2 Å². The summed E-state index contributed by atoms with van der Waals surface area (Å²) >= 11 is 11.6. The van der Waals surface area contributed by atoms with E-state index in [2.05, 4.69) is 10.3 Å². The van der Waals surface area contributed by atoms with Crippen LogP contribution in [0.25, 0.3) is 0 Å². The number of carbonyl (C=O) groups excluding carboxylic acids is 2. The highest BCUT2D eigenvalue weighted by Gasteiger charge is 2.14. The molecule has 0 aliphatic rings. The van der Waals surface area contributed by atoms with Gasteiger partial charge < -0.3 is 11.1 Å². The number of benzene rings is 1. The van der Waals surface area contributed by atoms with E-state index >= 15 is 0 Å². The second kappa shape index (κ2) is 6.07. The molecule has 21 heavy (non-hydrogen) atoms. The number of rotatable bonds is 3. The number of hydrogen-bond acceptors (Lipinski definition) is 3. The van der Waals surface area contributed by atoms with Gasteiger partial charge in [0, 0.05) is 5.69 Å². The molecule has 8 heteroatoms. The number of carbonyl (C=O) groups is 2. The zero-order valence-electron chi connectivity index (χ0n) is 10.4. The molecule has 5 nitrogen and oxygen atoms in total. The molecule has 0 saturated heterocycles. The lowest BCUT2D eigenvalue weighted by Gasteiger charge is -2.08. The Morgan fingerprint density at radius 1 is 1.19 bits per heavy atom. The van der Waals surface area contributed by atoms with Crippen molar-refractivity contribution < 1.29 is 14.0 Å². The molecule has 0 unspecified atom stereocenters. The van der Waals surface area contributed by atoms with E-state index in [1.165, 1.54) is 18.2 Å². The Hall–Kier alpha value is -2.18. The first kappa shape index (κ1) is 15.2. The van der Waals surface area contributed by atoms with Crippen molar-refractivity contribution in [2.24, 2.45) is 5.73 Å². The highest BCUT2D eigenvalue weighted by molar-refractivity contribution is 6.34. The molecule has 3 N–H and O–H groups in total. The van der Waals surface area contributed by atoms with Crippen LogP contribution in [-0.2, 0) is 0 Å². The molecule has 1 aromatic heterocycles. The van der Waals surface area contributed by atoms with Gasteiger partial charge in [-0.2, -0.15) is 0 Å². The van der Waals surface area contributed by atoms with E-state index in [9.17, 15) is 14.0 Å². The van der Waals surface area contributed by atoms with E-state index in [4.69, 9.17) is 28.9 Å². The van der Waals surface area contributed by atoms with Gasteiger partial charge in [0.1, 0.15) is 11.0 Å². The van der Waals surface area contributed by atoms with Gasteiger partial charge in [-0.05, 0) is 24.3 Å². The number of pyridine rings is 1. The molecule has 2 amide bonds. The quantitative estimate of drug-likeness (QED) is 0.850. The number of primary amides is 1. The van der Waals surface area contributed by atoms with E-state index in [1.807, 2.05) is 0 Å². The Balaban J connectivity index is 2.26. The number of amides is 2. The Bertz CT molecular complexity index is 737. The minimum absolute atomic E-state index is 0.0868. The first-order chi connectivity index (χ1) is 9.88. The Kier molecular flexibility index (Phi) is 4.40. The minimum atomic E-state index is -0.688. The van der Waals surface area contributed by atoms with Crippen LogP contribution in [0.3, 0.4) is 0 Å². The van der Waals surface area contributed by atoms with Crippen LogP contribution in [0.1, 0.15) is 20.7 Å². The molecular formula is C13H8Cl2FN3O2. The number of halogens is 3. The van der Waals surface area contributed by atoms with Crippen LogP contribution in [0.5, 0.6) is 0 Å². The number of nitrogens with two attached hydrogens (primary N) is 1. The average Bonchev–Trinajstić information content (AvgIpc) is 2.41. The van der Waals surface area contributed by atoms with Crippen molar-refractivity contribution in [2.45, 2.75) is 0 Å². The highest BCUT2D eigenvalue weighted by atomic mass is 35.5. The normalized spacial score (nSPS) is 10.2. The maximum absolute atomic E-state index is 13.1. The lowest BCUT2D eigenvalue weighted by Crippen LogP contribution is -2.15. The Labute approximate surface area is 128 Å². The van der Waals surface area contributed by atoms with Crippen molar-refractivity contribution >= 4 is 40.7 Å². The molecule has 2 aromatic rings. The van der Waals surface area contributed by atoms with E-state index < -0.39 is 17.6 Å². The van der Waals surface area contributed by atoms with Crippen molar-refractivity contribution in [1.29, 1.82) is 0 Å². The molecule has 1 aromatic carbocycles. The average molecular weight is 328 g/mol. The third-order valence-corrected chi connectivity index (χ3v) is 3.16. The molecule has 0 aliphatic carbocycles. The van der Waals surface area contributed by atoms with Crippen molar-refractivity contribution in [1.82, 2.24) is 4.98 Å². The number of aromatic nitrogens is 1. The summed E-state index contributed by atoms with van der Waals surface area (Å²) in [6.07, 6.45) is 0.900. The Morgan fingerprint density at radius 2 is 1.90 bits per heavy atom. The van der Waals surface area contributed by atoms with Crippen LogP contribution in [-0.4, -0.2) is 16.8 Å². The summed E-state index contributed by atoms with van der Waals surface area (Å²) in [7, 11) is 0. The fraction of sp³-hybridized carbons (Fsp3) is 0. The van der Waals surface area contributed by atoms with Gasteiger partial charge in [0.15, 0.2) is 0 Å². The van der Waals surface area contributed by atoms with Gasteiger partial charge in [-0.15, -0.1) is 0 Å². The molecule has 2 rings (SSSR count). The van der Waals surface area contributed by atoms with Crippen LogP contribution < -0.4 is 11.1 Å². The second-order valence-corrected chi connectivity index (χ2v) is 4.77. The van der Waals surface area contributed by atoms with Gasteiger partial charge in [0.05, 0.1) is 22.3 Å². The first-order valence-corrected chi connectivity index (χ1v) is 6.36. The number of nitrogens with one attached hydrogen (secondary N) is 1. The van der Waals surface area contributed by atoms with Crippen molar-refractivity contribution in [3.8, 4) is 0 Å². The van der Waals surface area contributed by atoms with Crippen molar-refractivity contribution in [2.75, 3.05) is 5.32 Å². The molecule has 0 spiro atoms. The van der Waals surface area contributed by atoms with Crippen LogP contribution in [0.15, 0.2) is 30.5 Å². The van der Waals surface area contributed by atoms with E-state index in [0.717, 1.165) is 12.3 Å².